The molecule has 0 aliphatic rings. The molecule has 0 fully saturated rings. The van der Waals surface area contributed by atoms with Crippen molar-refractivity contribution >= 4 is 33.0 Å². The zero-order chi connectivity index (χ0) is 17.0. The van der Waals surface area contributed by atoms with Gasteiger partial charge in [0.05, 0.1) is 15.7 Å². The predicted molar refractivity (Wildman–Crippen MR) is 96.0 cm³/mol. The molecule has 0 aromatic heterocycles. The number of rotatable bonds is 6. The number of benzene rings is 2. The molecule has 0 unspecified atom stereocenters. The second-order valence-electron chi connectivity index (χ2n) is 5.46. The fraction of sp³-hybridized carbons (Fsp3) is 0.294. The Labute approximate surface area is 147 Å². The summed E-state index contributed by atoms with van der Waals surface area (Å²) in [5.74, 6) is -0.0132. The largest absolute Gasteiger partial charge is 0.299 e. The van der Waals surface area contributed by atoms with E-state index in [1.54, 1.807) is 6.07 Å². The van der Waals surface area contributed by atoms with E-state index in [0.29, 0.717) is 11.6 Å². The van der Waals surface area contributed by atoms with Crippen molar-refractivity contribution in [1.29, 1.82) is 0 Å². The molecular formula is C17H19Cl2NO2S. The van der Waals surface area contributed by atoms with Gasteiger partial charge in [-0.2, -0.15) is 0 Å². The molecular weight excluding hydrogens is 353 g/mol. The standard InChI is InChI=1S/C17H19Cl2NO2S/c1-13(14-6-4-3-5-7-14)20(2)10-11-23(21,22)17-12-15(18)8-9-16(17)19/h3-9,12-13H,10-11H2,1-2H3/t13-/m1/s1. The summed E-state index contributed by atoms with van der Waals surface area (Å²) in [4.78, 5) is 2.10. The number of halogens is 2. The van der Waals surface area contributed by atoms with E-state index >= 15 is 0 Å². The van der Waals surface area contributed by atoms with Crippen LogP contribution in [0.4, 0.5) is 0 Å². The molecule has 23 heavy (non-hydrogen) atoms. The minimum Gasteiger partial charge on any atom is -0.299 e. The molecule has 0 amide bonds. The topological polar surface area (TPSA) is 37.4 Å². The monoisotopic (exact) mass is 371 g/mol. The number of hydrogen-bond donors (Lipinski definition) is 0. The van der Waals surface area contributed by atoms with Crippen LogP contribution in [0, 0.1) is 0 Å². The van der Waals surface area contributed by atoms with Crippen molar-refractivity contribution in [3.05, 3.63) is 64.1 Å². The average molecular weight is 372 g/mol. The van der Waals surface area contributed by atoms with Gasteiger partial charge >= 0.3 is 0 Å². The van der Waals surface area contributed by atoms with Crippen LogP contribution in [-0.2, 0) is 9.84 Å². The summed E-state index contributed by atoms with van der Waals surface area (Å²) in [5, 5.41) is 0.562. The molecule has 2 aromatic carbocycles. The highest BCUT2D eigenvalue weighted by molar-refractivity contribution is 7.91. The van der Waals surface area contributed by atoms with E-state index in [1.807, 2.05) is 49.2 Å². The Kier molecular flexibility index (Phi) is 6.09. The van der Waals surface area contributed by atoms with Crippen LogP contribution in [0.3, 0.4) is 0 Å². The van der Waals surface area contributed by atoms with Crippen molar-refractivity contribution in [2.24, 2.45) is 0 Å². The van der Waals surface area contributed by atoms with Crippen molar-refractivity contribution in [3.8, 4) is 0 Å². The van der Waals surface area contributed by atoms with Crippen molar-refractivity contribution in [2.75, 3.05) is 19.3 Å². The lowest BCUT2D eigenvalue weighted by Crippen LogP contribution is -2.28. The maximum Gasteiger partial charge on any atom is 0.181 e. The van der Waals surface area contributed by atoms with Gasteiger partial charge < -0.3 is 0 Å². The third kappa shape index (κ3) is 4.70. The first-order valence-corrected chi connectivity index (χ1v) is 9.65. The van der Waals surface area contributed by atoms with E-state index in [9.17, 15) is 8.42 Å². The first kappa shape index (κ1) is 18.3. The summed E-state index contributed by atoms with van der Waals surface area (Å²) in [6.07, 6.45) is 0. The van der Waals surface area contributed by atoms with Crippen LogP contribution < -0.4 is 0 Å². The smallest absolute Gasteiger partial charge is 0.181 e. The van der Waals surface area contributed by atoms with Crippen LogP contribution in [0.15, 0.2) is 53.4 Å². The first-order valence-electron chi connectivity index (χ1n) is 7.24. The lowest BCUT2D eigenvalue weighted by molar-refractivity contribution is 0.276. The van der Waals surface area contributed by atoms with E-state index in [1.165, 1.54) is 12.1 Å². The summed E-state index contributed by atoms with van der Waals surface area (Å²) >= 11 is 11.9. The van der Waals surface area contributed by atoms with Gasteiger partial charge in [-0.1, -0.05) is 53.5 Å². The van der Waals surface area contributed by atoms with Crippen molar-refractivity contribution < 1.29 is 8.42 Å². The Bertz CT molecular complexity index is 763. The van der Waals surface area contributed by atoms with Crippen LogP contribution in [-0.4, -0.2) is 32.7 Å². The molecule has 0 aliphatic carbocycles. The number of sulfone groups is 1. The third-order valence-corrected chi connectivity index (χ3v) is 6.29. The molecule has 0 heterocycles. The minimum atomic E-state index is -3.48. The van der Waals surface area contributed by atoms with Crippen LogP contribution in [0.1, 0.15) is 18.5 Å². The van der Waals surface area contributed by atoms with E-state index < -0.39 is 9.84 Å². The molecule has 1 atom stereocenters. The van der Waals surface area contributed by atoms with Crippen molar-refractivity contribution in [3.63, 3.8) is 0 Å². The highest BCUT2D eigenvalue weighted by Gasteiger charge is 2.21. The molecule has 3 nitrogen and oxygen atoms in total. The Morgan fingerprint density at radius 1 is 1.09 bits per heavy atom. The highest BCUT2D eigenvalue weighted by Crippen LogP contribution is 2.26. The summed E-state index contributed by atoms with van der Waals surface area (Å²) in [7, 11) is -1.57. The molecule has 0 radical (unpaired) electrons. The van der Waals surface area contributed by atoms with E-state index in [-0.39, 0.29) is 21.7 Å². The maximum absolute atomic E-state index is 12.5. The minimum absolute atomic E-state index is 0.0132. The SMILES string of the molecule is C[C@H](c1ccccc1)N(C)CCS(=O)(=O)c1cc(Cl)ccc1Cl. The normalized spacial score (nSPS) is 13.3. The molecule has 0 bridgehead atoms. The predicted octanol–water partition coefficient (Wildman–Crippen LogP) is 4.46. The summed E-state index contributed by atoms with van der Waals surface area (Å²) in [6, 6.07) is 14.6. The number of hydrogen-bond acceptors (Lipinski definition) is 3. The van der Waals surface area contributed by atoms with Gasteiger partial charge in [0.15, 0.2) is 9.84 Å². The molecule has 0 spiro atoms. The maximum atomic E-state index is 12.5. The van der Waals surface area contributed by atoms with Gasteiger partial charge in [-0.05, 0) is 37.7 Å². The number of nitrogens with zero attached hydrogens (tertiary/aromatic N) is 1. The molecule has 0 aliphatic heterocycles. The third-order valence-electron chi connectivity index (χ3n) is 3.88. The molecule has 0 N–H and O–H groups in total. The Hall–Kier alpha value is -1.07. The van der Waals surface area contributed by atoms with Gasteiger partial charge in [0, 0.05) is 17.6 Å². The molecule has 124 valence electrons. The van der Waals surface area contributed by atoms with Gasteiger partial charge in [-0.15, -0.1) is 0 Å². The lowest BCUT2D eigenvalue weighted by atomic mass is 10.1. The quantitative estimate of drug-likeness (QED) is 0.751. The average Bonchev–Trinajstić information content (AvgIpc) is 2.55. The highest BCUT2D eigenvalue weighted by atomic mass is 35.5. The zero-order valence-corrected chi connectivity index (χ0v) is 15.4. The molecule has 0 saturated carbocycles. The first-order chi connectivity index (χ1) is 10.8. The lowest BCUT2D eigenvalue weighted by Gasteiger charge is -2.25. The van der Waals surface area contributed by atoms with Crippen molar-refractivity contribution in [1.82, 2.24) is 4.90 Å². The van der Waals surface area contributed by atoms with E-state index in [0.717, 1.165) is 5.56 Å². The van der Waals surface area contributed by atoms with Crippen LogP contribution in [0.2, 0.25) is 10.0 Å². The van der Waals surface area contributed by atoms with Gasteiger partial charge in [-0.3, -0.25) is 4.90 Å². The van der Waals surface area contributed by atoms with E-state index in [2.05, 4.69) is 0 Å². The Balaban J connectivity index is 2.08. The molecule has 0 saturated heterocycles. The van der Waals surface area contributed by atoms with Crippen LogP contribution >= 0.6 is 23.2 Å². The zero-order valence-electron chi connectivity index (χ0n) is 13.0. The Morgan fingerprint density at radius 3 is 2.39 bits per heavy atom. The molecule has 2 rings (SSSR count). The molecule has 2 aromatic rings. The molecule has 6 heteroatoms. The fourth-order valence-corrected chi connectivity index (χ4v) is 4.40. The van der Waals surface area contributed by atoms with Crippen molar-refractivity contribution in [2.45, 2.75) is 17.9 Å². The van der Waals surface area contributed by atoms with Crippen LogP contribution in [0.25, 0.3) is 0 Å². The van der Waals surface area contributed by atoms with Gasteiger partial charge in [0.25, 0.3) is 0 Å². The Morgan fingerprint density at radius 2 is 1.74 bits per heavy atom. The van der Waals surface area contributed by atoms with E-state index in [4.69, 9.17) is 23.2 Å². The second kappa shape index (κ2) is 7.67. The van der Waals surface area contributed by atoms with Gasteiger partial charge in [0.1, 0.15) is 0 Å². The second-order valence-corrected chi connectivity index (χ2v) is 8.38. The van der Waals surface area contributed by atoms with Crippen LogP contribution in [0.5, 0.6) is 0 Å². The fourth-order valence-electron chi connectivity index (χ4n) is 2.27. The summed E-state index contributed by atoms with van der Waals surface area (Å²) < 4.78 is 25.0. The summed E-state index contributed by atoms with van der Waals surface area (Å²) in [6.45, 7) is 2.45. The van der Waals surface area contributed by atoms with Gasteiger partial charge in [0.2, 0.25) is 0 Å². The summed E-state index contributed by atoms with van der Waals surface area (Å²) in [5.41, 5.74) is 1.15. The van der Waals surface area contributed by atoms with Gasteiger partial charge in [-0.25, -0.2) is 8.42 Å².